The molecule has 2 aromatic heterocycles. The first-order valence-electron chi connectivity index (χ1n) is 13.2. The molecule has 5 N–H and O–H groups in total. The maximum absolute atomic E-state index is 13.3. The maximum Gasteiger partial charge on any atom is 0.270 e. The number of nitrogens with two attached hydrogens (primary N) is 1. The average molecular weight is 577 g/mol. The number of amides is 3. The van der Waals surface area contributed by atoms with Crippen LogP contribution in [-0.2, 0) is 25.6 Å². The van der Waals surface area contributed by atoms with Gasteiger partial charge in [0.1, 0.15) is 17.6 Å². The minimum absolute atomic E-state index is 0.0430. The number of aryl methyl sites for hydroxylation is 2. The number of nitrogen functional groups attached to an aromatic ring is 1. The van der Waals surface area contributed by atoms with Crippen LogP contribution in [0.25, 0.3) is 11.1 Å². The highest BCUT2D eigenvalue weighted by molar-refractivity contribution is 7.10. The van der Waals surface area contributed by atoms with Gasteiger partial charge in [-0.2, -0.15) is 0 Å². The van der Waals surface area contributed by atoms with Gasteiger partial charge in [-0.15, -0.1) is 11.3 Å². The number of carbonyl (C=O) groups is 3. The molecule has 2 aliphatic heterocycles. The van der Waals surface area contributed by atoms with Gasteiger partial charge in [-0.3, -0.25) is 24.8 Å². The van der Waals surface area contributed by atoms with E-state index in [1.807, 2.05) is 37.3 Å². The molecule has 11 nitrogen and oxygen atoms in total. The first-order chi connectivity index (χ1) is 19.6. The number of aromatic nitrogens is 1. The summed E-state index contributed by atoms with van der Waals surface area (Å²) in [4.78, 5) is 46.1. The molecule has 2 aliphatic rings. The van der Waals surface area contributed by atoms with Crippen LogP contribution in [0.3, 0.4) is 0 Å². The molecule has 3 amide bonds. The van der Waals surface area contributed by atoms with Gasteiger partial charge in [0.05, 0.1) is 32.8 Å². The lowest BCUT2D eigenvalue weighted by atomic mass is 10.0. The van der Waals surface area contributed by atoms with E-state index in [9.17, 15) is 14.4 Å². The number of hydrogen-bond acceptors (Lipinski definition) is 8. The molecule has 41 heavy (non-hydrogen) atoms. The van der Waals surface area contributed by atoms with Gasteiger partial charge in [0.2, 0.25) is 11.8 Å². The van der Waals surface area contributed by atoms with Gasteiger partial charge in [0.25, 0.3) is 5.91 Å². The molecule has 1 spiro atoms. The summed E-state index contributed by atoms with van der Waals surface area (Å²) in [5.41, 5.74) is 10.1. The molecule has 1 aromatic carbocycles. The molecular formula is C29H32N6O5S. The smallest absolute Gasteiger partial charge is 0.270 e. The standard InChI is InChI=1S/C29H32N6O5S/c1-17-3-5-19(6-4-17)20-9-18(2)25(32-12-20)28(38)34-14-24(36)35-16-29(39-7-8-40-29)11-23(35)27(37)33-13-22-10-21(15-41-22)26(30)31/h3-6,9-10,12,15,23H,7-8,11,13-14,16H2,1-2H3,(H3,30,31)(H,33,37)(H,34,38). The summed E-state index contributed by atoms with van der Waals surface area (Å²) in [6.45, 7) is 4.56. The Morgan fingerprint density at radius 3 is 2.51 bits per heavy atom. The third-order valence-electron chi connectivity index (χ3n) is 7.21. The van der Waals surface area contributed by atoms with E-state index in [0.717, 1.165) is 21.6 Å². The molecule has 0 radical (unpaired) electrons. The van der Waals surface area contributed by atoms with E-state index in [4.69, 9.17) is 20.6 Å². The molecule has 4 heterocycles. The summed E-state index contributed by atoms with van der Waals surface area (Å²) < 4.78 is 11.6. The minimum Gasteiger partial charge on any atom is -0.384 e. The first-order valence-corrected chi connectivity index (χ1v) is 14.1. The SMILES string of the molecule is Cc1ccc(-c2cnc(C(=O)NCC(=O)N3CC4(CC3C(=O)NCc3cc(C(=N)N)cs3)OCCO4)c(C)c2)cc1. The van der Waals surface area contributed by atoms with Gasteiger partial charge in [0, 0.05) is 34.0 Å². The third kappa shape index (κ3) is 6.29. The Balaban J connectivity index is 1.23. The Morgan fingerprint density at radius 2 is 1.85 bits per heavy atom. The number of nitrogens with zero attached hydrogens (tertiary/aromatic N) is 2. The van der Waals surface area contributed by atoms with Crippen LogP contribution in [0, 0.1) is 19.3 Å². The molecule has 2 fully saturated rings. The number of pyridine rings is 1. The second-order valence-corrected chi connectivity index (χ2v) is 11.2. The number of carbonyl (C=O) groups excluding carboxylic acids is 3. The van der Waals surface area contributed by atoms with Crippen LogP contribution in [0.5, 0.6) is 0 Å². The highest BCUT2D eigenvalue weighted by Gasteiger charge is 2.52. The van der Waals surface area contributed by atoms with Crippen molar-refractivity contribution in [3.63, 3.8) is 0 Å². The summed E-state index contributed by atoms with van der Waals surface area (Å²) in [7, 11) is 0. The van der Waals surface area contributed by atoms with Crippen molar-refractivity contribution in [1.82, 2.24) is 20.5 Å². The molecule has 0 aliphatic carbocycles. The third-order valence-corrected chi connectivity index (χ3v) is 8.15. The molecule has 1 atom stereocenters. The number of hydrogen-bond donors (Lipinski definition) is 4. The molecule has 5 rings (SSSR count). The topological polar surface area (TPSA) is 160 Å². The lowest BCUT2D eigenvalue weighted by molar-refractivity contribution is -0.152. The van der Waals surface area contributed by atoms with Gasteiger partial charge in [-0.25, -0.2) is 0 Å². The number of thiophene rings is 1. The molecule has 12 heteroatoms. The number of ether oxygens (including phenoxy) is 2. The maximum atomic E-state index is 13.3. The Bertz CT molecular complexity index is 1480. The molecule has 214 valence electrons. The summed E-state index contributed by atoms with van der Waals surface area (Å²) in [5, 5.41) is 14.8. The largest absolute Gasteiger partial charge is 0.384 e. The van der Waals surface area contributed by atoms with Crippen LogP contribution in [0.2, 0.25) is 0 Å². The summed E-state index contributed by atoms with van der Waals surface area (Å²) in [5.74, 6) is -2.36. The summed E-state index contributed by atoms with van der Waals surface area (Å²) in [6, 6.07) is 10.8. The summed E-state index contributed by atoms with van der Waals surface area (Å²) >= 11 is 1.38. The van der Waals surface area contributed by atoms with E-state index in [0.29, 0.717) is 24.3 Å². The van der Waals surface area contributed by atoms with Gasteiger partial charge >= 0.3 is 0 Å². The Hall–Kier alpha value is -4.13. The molecule has 0 saturated carbocycles. The number of amidine groups is 1. The summed E-state index contributed by atoms with van der Waals surface area (Å²) in [6.07, 6.45) is 1.82. The van der Waals surface area contributed by atoms with Crippen LogP contribution in [0.15, 0.2) is 48.0 Å². The zero-order valence-corrected chi connectivity index (χ0v) is 23.7. The Labute approximate surface area is 241 Å². The fourth-order valence-electron chi connectivity index (χ4n) is 5.01. The molecule has 1 unspecified atom stereocenters. The van der Waals surface area contributed by atoms with Gasteiger partial charge in [-0.05, 0) is 37.1 Å². The second-order valence-electron chi connectivity index (χ2n) is 10.2. The van der Waals surface area contributed by atoms with Gasteiger partial charge in [0.15, 0.2) is 5.79 Å². The Kier molecular flexibility index (Phi) is 8.15. The zero-order chi connectivity index (χ0) is 29.1. The minimum atomic E-state index is -1.05. The van der Waals surface area contributed by atoms with E-state index in [2.05, 4.69) is 15.6 Å². The monoisotopic (exact) mass is 576 g/mol. The van der Waals surface area contributed by atoms with E-state index < -0.39 is 23.6 Å². The number of likely N-dealkylation sites (tertiary alicyclic amines) is 1. The molecule has 0 bridgehead atoms. The van der Waals surface area contributed by atoms with Crippen LogP contribution < -0.4 is 16.4 Å². The van der Waals surface area contributed by atoms with Crippen molar-refractivity contribution in [3.8, 4) is 11.1 Å². The van der Waals surface area contributed by atoms with Crippen molar-refractivity contribution in [1.29, 1.82) is 5.41 Å². The fraction of sp³-hybridized carbons (Fsp3) is 0.345. The lowest BCUT2D eigenvalue weighted by Crippen LogP contribution is -2.49. The van der Waals surface area contributed by atoms with Crippen molar-refractivity contribution >= 4 is 34.9 Å². The Morgan fingerprint density at radius 1 is 1.12 bits per heavy atom. The van der Waals surface area contributed by atoms with E-state index in [1.54, 1.807) is 24.6 Å². The van der Waals surface area contributed by atoms with Crippen molar-refractivity contribution in [2.24, 2.45) is 5.73 Å². The molecule has 2 saturated heterocycles. The van der Waals surface area contributed by atoms with Crippen molar-refractivity contribution < 1.29 is 23.9 Å². The lowest BCUT2D eigenvalue weighted by Gasteiger charge is -2.24. The highest BCUT2D eigenvalue weighted by atomic mass is 32.1. The van der Waals surface area contributed by atoms with Crippen LogP contribution >= 0.6 is 11.3 Å². The fourth-order valence-corrected chi connectivity index (χ4v) is 5.83. The van der Waals surface area contributed by atoms with Gasteiger partial charge in [-0.1, -0.05) is 29.8 Å². The number of rotatable bonds is 8. The van der Waals surface area contributed by atoms with E-state index >= 15 is 0 Å². The van der Waals surface area contributed by atoms with E-state index in [1.165, 1.54) is 16.2 Å². The van der Waals surface area contributed by atoms with Crippen LogP contribution in [0.1, 0.15) is 38.5 Å². The highest BCUT2D eigenvalue weighted by Crippen LogP contribution is 2.35. The molecule has 3 aromatic rings. The van der Waals surface area contributed by atoms with E-state index in [-0.39, 0.29) is 43.5 Å². The van der Waals surface area contributed by atoms with Crippen LogP contribution in [0.4, 0.5) is 0 Å². The van der Waals surface area contributed by atoms with Crippen molar-refractivity contribution in [2.75, 3.05) is 26.3 Å². The first kappa shape index (κ1) is 28.4. The van der Waals surface area contributed by atoms with Crippen molar-refractivity contribution in [3.05, 3.63) is 75.2 Å². The predicted octanol–water partition coefficient (Wildman–Crippen LogP) is 2.10. The second kappa shape index (κ2) is 11.8. The quantitative estimate of drug-likeness (QED) is 0.236. The number of benzene rings is 1. The van der Waals surface area contributed by atoms with Gasteiger partial charge < -0.3 is 30.7 Å². The van der Waals surface area contributed by atoms with Crippen molar-refractivity contribution in [2.45, 2.75) is 38.6 Å². The predicted molar refractivity (Wildman–Crippen MR) is 153 cm³/mol. The zero-order valence-electron chi connectivity index (χ0n) is 22.9. The normalized spacial score (nSPS) is 17.5. The van der Waals surface area contributed by atoms with Crippen LogP contribution in [-0.4, -0.2) is 71.6 Å². The number of nitrogens with one attached hydrogen (secondary N) is 3. The molecular weight excluding hydrogens is 544 g/mol. The average Bonchev–Trinajstić information content (AvgIpc) is 3.71.